The number of likely N-dealkylation sites (tertiary alicyclic amines) is 1. The second-order valence-corrected chi connectivity index (χ2v) is 5.01. The van der Waals surface area contributed by atoms with Gasteiger partial charge in [-0.15, -0.1) is 0 Å². The van der Waals surface area contributed by atoms with Crippen molar-refractivity contribution in [3.05, 3.63) is 35.4 Å². The highest BCUT2D eigenvalue weighted by Gasteiger charge is 2.30. The third kappa shape index (κ3) is 2.89. The highest BCUT2D eigenvalue weighted by atomic mass is 32.1. The Hall–Kier alpha value is -1.56. The van der Waals surface area contributed by atoms with Gasteiger partial charge < -0.3 is 10.6 Å². The van der Waals surface area contributed by atoms with Gasteiger partial charge in [-0.2, -0.15) is 0 Å². The van der Waals surface area contributed by atoms with Crippen molar-refractivity contribution in [2.75, 3.05) is 6.54 Å². The molecule has 1 heterocycles. The second-order valence-electron chi connectivity index (χ2n) is 4.54. The topological polar surface area (TPSA) is 46.3 Å². The first-order valence-corrected chi connectivity index (χ1v) is 6.47. The SMILES string of the molecule is NC(=S)C1CCCCN1C(=O)c1ccc(F)cc1F. The van der Waals surface area contributed by atoms with E-state index in [4.69, 9.17) is 18.0 Å². The molecule has 1 unspecified atom stereocenters. The maximum absolute atomic E-state index is 13.6. The minimum Gasteiger partial charge on any atom is -0.392 e. The predicted octanol–water partition coefficient (Wildman–Crippen LogP) is 2.25. The molecule has 1 aromatic carbocycles. The number of hydrogen-bond donors (Lipinski definition) is 1. The summed E-state index contributed by atoms with van der Waals surface area (Å²) in [5.41, 5.74) is 5.47. The van der Waals surface area contributed by atoms with Crippen LogP contribution in [0.25, 0.3) is 0 Å². The highest BCUT2D eigenvalue weighted by molar-refractivity contribution is 7.80. The van der Waals surface area contributed by atoms with E-state index in [9.17, 15) is 13.6 Å². The van der Waals surface area contributed by atoms with Crippen molar-refractivity contribution in [2.45, 2.75) is 25.3 Å². The fourth-order valence-corrected chi connectivity index (χ4v) is 2.53. The first-order valence-electron chi connectivity index (χ1n) is 6.06. The molecule has 1 aliphatic rings. The molecule has 2 rings (SSSR count). The van der Waals surface area contributed by atoms with Crippen LogP contribution in [0.2, 0.25) is 0 Å². The molecule has 3 nitrogen and oxygen atoms in total. The van der Waals surface area contributed by atoms with Gasteiger partial charge in [-0.3, -0.25) is 4.79 Å². The zero-order valence-electron chi connectivity index (χ0n) is 10.2. The Morgan fingerprint density at radius 3 is 2.74 bits per heavy atom. The number of piperidine rings is 1. The summed E-state index contributed by atoms with van der Waals surface area (Å²) in [6, 6.07) is 2.57. The molecule has 2 N–H and O–H groups in total. The standard InChI is InChI=1S/C13H14F2N2OS/c14-8-4-5-9(10(15)7-8)13(18)17-6-2-1-3-11(17)12(16)19/h4-5,7,11H,1-3,6H2,(H2,16,19). The van der Waals surface area contributed by atoms with Gasteiger partial charge in [0.05, 0.1) is 16.6 Å². The molecule has 1 saturated heterocycles. The third-order valence-electron chi connectivity index (χ3n) is 3.25. The molecule has 1 atom stereocenters. The summed E-state index contributed by atoms with van der Waals surface area (Å²) in [4.78, 5) is 14.0. The monoisotopic (exact) mass is 284 g/mol. The molecule has 1 aromatic rings. The summed E-state index contributed by atoms with van der Waals surface area (Å²) >= 11 is 4.95. The summed E-state index contributed by atoms with van der Waals surface area (Å²) in [7, 11) is 0. The van der Waals surface area contributed by atoms with Gasteiger partial charge in [0.1, 0.15) is 11.6 Å². The van der Waals surface area contributed by atoms with Crippen molar-refractivity contribution in [1.82, 2.24) is 4.90 Å². The Balaban J connectivity index is 2.28. The average molecular weight is 284 g/mol. The maximum atomic E-state index is 13.6. The van der Waals surface area contributed by atoms with Crippen LogP contribution in [-0.4, -0.2) is 28.4 Å². The molecular weight excluding hydrogens is 270 g/mol. The van der Waals surface area contributed by atoms with E-state index < -0.39 is 17.5 Å². The first kappa shape index (κ1) is 13.9. The number of rotatable bonds is 2. The average Bonchev–Trinajstić information content (AvgIpc) is 2.38. The Morgan fingerprint density at radius 2 is 2.11 bits per heavy atom. The second kappa shape index (κ2) is 5.61. The number of nitrogens with zero attached hydrogens (tertiary/aromatic N) is 1. The minimum atomic E-state index is -0.864. The van der Waals surface area contributed by atoms with Crippen LogP contribution in [0.3, 0.4) is 0 Å². The number of amides is 1. The largest absolute Gasteiger partial charge is 0.392 e. The molecule has 0 saturated carbocycles. The molecule has 6 heteroatoms. The molecule has 0 aliphatic carbocycles. The number of benzene rings is 1. The Kier molecular flexibility index (Phi) is 4.09. The van der Waals surface area contributed by atoms with Crippen molar-refractivity contribution >= 4 is 23.1 Å². The molecule has 1 amide bonds. The number of carbonyl (C=O) groups is 1. The van der Waals surface area contributed by atoms with Gasteiger partial charge >= 0.3 is 0 Å². The molecule has 102 valence electrons. The lowest BCUT2D eigenvalue weighted by Crippen LogP contribution is -2.50. The van der Waals surface area contributed by atoms with Gasteiger partial charge in [0, 0.05) is 12.6 Å². The van der Waals surface area contributed by atoms with E-state index in [1.54, 1.807) is 0 Å². The lowest BCUT2D eigenvalue weighted by Gasteiger charge is -2.35. The predicted molar refractivity (Wildman–Crippen MR) is 71.8 cm³/mol. The number of hydrogen-bond acceptors (Lipinski definition) is 2. The summed E-state index contributed by atoms with van der Waals surface area (Å²) in [6.07, 6.45) is 2.44. The van der Waals surface area contributed by atoms with Crippen LogP contribution in [0, 0.1) is 11.6 Å². The normalized spacial score (nSPS) is 19.3. The van der Waals surface area contributed by atoms with Crippen LogP contribution < -0.4 is 5.73 Å². The zero-order chi connectivity index (χ0) is 14.0. The van der Waals surface area contributed by atoms with Crippen LogP contribution in [0.5, 0.6) is 0 Å². The van der Waals surface area contributed by atoms with Gasteiger partial charge in [0.25, 0.3) is 5.91 Å². The third-order valence-corrected chi connectivity index (χ3v) is 3.53. The Morgan fingerprint density at radius 1 is 1.37 bits per heavy atom. The number of thiocarbonyl (C=S) groups is 1. The molecule has 0 radical (unpaired) electrons. The van der Waals surface area contributed by atoms with Crippen LogP contribution in [-0.2, 0) is 0 Å². The van der Waals surface area contributed by atoms with Crippen LogP contribution in [0.1, 0.15) is 29.6 Å². The van der Waals surface area contributed by atoms with Crippen molar-refractivity contribution in [3.8, 4) is 0 Å². The lowest BCUT2D eigenvalue weighted by atomic mass is 10.0. The Bertz CT molecular complexity index is 521. The fourth-order valence-electron chi connectivity index (χ4n) is 2.29. The van der Waals surface area contributed by atoms with E-state index in [-0.39, 0.29) is 16.6 Å². The molecule has 0 aromatic heterocycles. The van der Waals surface area contributed by atoms with Gasteiger partial charge in [-0.25, -0.2) is 8.78 Å². The van der Waals surface area contributed by atoms with E-state index in [1.165, 1.54) is 4.90 Å². The van der Waals surface area contributed by atoms with Gasteiger partial charge in [0.15, 0.2) is 0 Å². The van der Waals surface area contributed by atoms with E-state index in [1.807, 2.05) is 0 Å². The molecule has 1 aliphatic heterocycles. The van der Waals surface area contributed by atoms with E-state index in [0.717, 1.165) is 25.0 Å². The minimum absolute atomic E-state index is 0.149. The van der Waals surface area contributed by atoms with Gasteiger partial charge in [0.2, 0.25) is 0 Å². The molecule has 0 bridgehead atoms. The smallest absolute Gasteiger partial charge is 0.257 e. The summed E-state index contributed by atoms with van der Waals surface area (Å²) in [6.45, 7) is 0.484. The van der Waals surface area contributed by atoms with E-state index >= 15 is 0 Å². The lowest BCUT2D eigenvalue weighted by molar-refractivity contribution is 0.0676. The summed E-state index contributed by atoms with van der Waals surface area (Å²) in [5, 5.41) is 0. The molecule has 19 heavy (non-hydrogen) atoms. The number of nitrogens with two attached hydrogens (primary N) is 1. The van der Waals surface area contributed by atoms with Crippen LogP contribution in [0.4, 0.5) is 8.78 Å². The van der Waals surface area contributed by atoms with Crippen molar-refractivity contribution in [3.63, 3.8) is 0 Å². The molecule has 1 fully saturated rings. The van der Waals surface area contributed by atoms with Gasteiger partial charge in [-0.05, 0) is 31.4 Å². The van der Waals surface area contributed by atoms with Crippen molar-refractivity contribution < 1.29 is 13.6 Å². The summed E-state index contributed by atoms with van der Waals surface area (Å²) in [5.74, 6) is -2.06. The highest BCUT2D eigenvalue weighted by Crippen LogP contribution is 2.21. The van der Waals surface area contributed by atoms with E-state index in [0.29, 0.717) is 19.0 Å². The number of halogens is 2. The number of carbonyl (C=O) groups excluding carboxylic acids is 1. The fraction of sp³-hybridized carbons (Fsp3) is 0.385. The van der Waals surface area contributed by atoms with Gasteiger partial charge in [-0.1, -0.05) is 12.2 Å². The molecule has 0 spiro atoms. The van der Waals surface area contributed by atoms with Crippen LogP contribution in [0.15, 0.2) is 18.2 Å². The van der Waals surface area contributed by atoms with E-state index in [2.05, 4.69) is 0 Å². The van der Waals surface area contributed by atoms with Crippen LogP contribution >= 0.6 is 12.2 Å². The zero-order valence-corrected chi connectivity index (χ0v) is 11.1. The summed E-state index contributed by atoms with van der Waals surface area (Å²) < 4.78 is 26.5. The van der Waals surface area contributed by atoms with Crippen molar-refractivity contribution in [2.24, 2.45) is 5.73 Å². The molecular formula is C13H14F2N2OS. The van der Waals surface area contributed by atoms with Crippen molar-refractivity contribution in [1.29, 1.82) is 0 Å². The quantitative estimate of drug-likeness (QED) is 0.847. The first-order chi connectivity index (χ1) is 9.00. The maximum Gasteiger partial charge on any atom is 0.257 e. The Labute approximate surface area is 115 Å².